The van der Waals surface area contributed by atoms with Gasteiger partial charge >= 0.3 is 5.97 Å². The fraction of sp³-hybridized carbons (Fsp3) is 0.708. The molecule has 176 valence electrons. The van der Waals surface area contributed by atoms with E-state index in [0.29, 0.717) is 19.4 Å². The van der Waals surface area contributed by atoms with Crippen LogP contribution in [0.3, 0.4) is 0 Å². The minimum atomic E-state index is -1.26. The molecule has 2 unspecified atom stereocenters. The number of likely N-dealkylation sites (tertiary alicyclic amines) is 1. The fourth-order valence-electron chi connectivity index (χ4n) is 5.84. The SMILES string of the molecule is CCCC(C)N1CC=C[C@]23O[C@@H]4C=CCCOC(=O)[C@@H]4[C@H]2C(=O)N([C@@H](CC)CO)C3C1=O. The van der Waals surface area contributed by atoms with Crippen molar-refractivity contribution >= 4 is 17.8 Å². The van der Waals surface area contributed by atoms with Crippen molar-refractivity contribution in [1.29, 1.82) is 0 Å². The molecule has 2 fully saturated rings. The highest BCUT2D eigenvalue weighted by atomic mass is 16.6. The summed E-state index contributed by atoms with van der Waals surface area (Å²) >= 11 is 0. The van der Waals surface area contributed by atoms with E-state index < -0.39 is 41.6 Å². The van der Waals surface area contributed by atoms with Gasteiger partial charge < -0.3 is 24.4 Å². The van der Waals surface area contributed by atoms with E-state index >= 15 is 0 Å². The zero-order valence-electron chi connectivity index (χ0n) is 19.1. The second kappa shape index (κ2) is 8.98. The van der Waals surface area contributed by atoms with Crippen LogP contribution in [0.4, 0.5) is 0 Å². The van der Waals surface area contributed by atoms with E-state index in [-0.39, 0.29) is 31.1 Å². The Labute approximate surface area is 189 Å². The number of cyclic esters (lactones) is 1. The van der Waals surface area contributed by atoms with E-state index in [0.717, 1.165) is 12.8 Å². The predicted octanol–water partition coefficient (Wildman–Crippen LogP) is 1.43. The van der Waals surface area contributed by atoms with Gasteiger partial charge in [0.15, 0.2) is 0 Å². The van der Waals surface area contributed by atoms with Crippen LogP contribution in [0.1, 0.15) is 46.5 Å². The molecule has 4 aliphatic rings. The van der Waals surface area contributed by atoms with Crippen molar-refractivity contribution in [3.05, 3.63) is 24.3 Å². The van der Waals surface area contributed by atoms with Crippen LogP contribution in [0, 0.1) is 11.8 Å². The quantitative estimate of drug-likeness (QED) is 0.490. The third-order valence-corrected chi connectivity index (χ3v) is 7.40. The summed E-state index contributed by atoms with van der Waals surface area (Å²) in [4.78, 5) is 44.1. The first-order valence-corrected chi connectivity index (χ1v) is 11.8. The lowest BCUT2D eigenvalue weighted by Crippen LogP contribution is -2.59. The summed E-state index contributed by atoms with van der Waals surface area (Å²) in [5, 5.41) is 10.1. The van der Waals surface area contributed by atoms with Crippen LogP contribution < -0.4 is 0 Å². The number of aliphatic hydroxyl groups is 1. The minimum absolute atomic E-state index is 0.00236. The van der Waals surface area contributed by atoms with Gasteiger partial charge in [0.25, 0.3) is 0 Å². The topological polar surface area (TPSA) is 96.4 Å². The molecule has 8 heteroatoms. The van der Waals surface area contributed by atoms with Crippen LogP contribution in [0.5, 0.6) is 0 Å². The first-order chi connectivity index (χ1) is 15.4. The molecule has 0 aromatic rings. The maximum atomic E-state index is 14.0. The summed E-state index contributed by atoms with van der Waals surface area (Å²) in [6.07, 6.45) is 9.66. The standard InChI is InChI=1S/C24H34N2O6/c1-4-9-15(3)25-12-8-11-24-19(18-17(32-24)10-6-7-13-31-23(18)30)21(28)26(16(5-2)14-27)20(24)22(25)29/h6,8,10-11,15-20,27H,4-5,7,9,12-14H2,1-3H3/t15?,16-,17+,18-,19-,20?,24-/m0/s1. The minimum Gasteiger partial charge on any atom is -0.465 e. The number of aliphatic hydroxyl groups excluding tert-OH is 1. The van der Waals surface area contributed by atoms with E-state index in [9.17, 15) is 19.5 Å². The molecule has 0 bridgehead atoms. The number of hydrogen-bond donors (Lipinski definition) is 1. The normalized spacial score (nSPS) is 36.1. The molecule has 4 heterocycles. The first kappa shape index (κ1) is 23.0. The monoisotopic (exact) mass is 446 g/mol. The maximum Gasteiger partial charge on any atom is 0.312 e. The van der Waals surface area contributed by atoms with E-state index in [2.05, 4.69) is 6.92 Å². The number of ether oxygens (including phenoxy) is 2. The number of nitrogens with zero attached hydrogens (tertiary/aromatic N) is 2. The molecule has 0 aromatic heterocycles. The van der Waals surface area contributed by atoms with Gasteiger partial charge in [-0.15, -0.1) is 0 Å². The van der Waals surface area contributed by atoms with E-state index in [1.165, 1.54) is 4.90 Å². The van der Waals surface area contributed by atoms with Crippen molar-refractivity contribution in [2.45, 2.75) is 76.3 Å². The Hall–Kier alpha value is -2.19. The number of esters is 1. The summed E-state index contributed by atoms with van der Waals surface area (Å²) < 4.78 is 11.9. The molecule has 0 radical (unpaired) electrons. The molecule has 8 nitrogen and oxygen atoms in total. The number of rotatable bonds is 6. The van der Waals surface area contributed by atoms with Crippen LogP contribution in [0.2, 0.25) is 0 Å². The van der Waals surface area contributed by atoms with Gasteiger partial charge in [-0.25, -0.2) is 0 Å². The Morgan fingerprint density at radius 3 is 2.69 bits per heavy atom. The zero-order chi connectivity index (χ0) is 23.0. The first-order valence-electron chi connectivity index (χ1n) is 11.8. The molecule has 0 aromatic carbocycles. The molecular formula is C24H34N2O6. The van der Waals surface area contributed by atoms with Gasteiger partial charge in [-0.1, -0.05) is 44.6 Å². The van der Waals surface area contributed by atoms with Gasteiger partial charge in [-0.05, 0) is 26.2 Å². The van der Waals surface area contributed by atoms with Crippen molar-refractivity contribution in [1.82, 2.24) is 9.80 Å². The Morgan fingerprint density at radius 2 is 2.00 bits per heavy atom. The second-order valence-corrected chi connectivity index (χ2v) is 9.25. The third kappa shape index (κ3) is 3.39. The molecule has 1 N–H and O–H groups in total. The van der Waals surface area contributed by atoms with Crippen LogP contribution in [-0.2, 0) is 23.9 Å². The van der Waals surface area contributed by atoms with Gasteiger partial charge in [0.2, 0.25) is 11.8 Å². The van der Waals surface area contributed by atoms with E-state index in [4.69, 9.17) is 9.47 Å². The average molecular weight is 447 g/mol. The Bertz CT molecular complexity index is 821. The molecule has 1 spiro atoms. The number of carbonyl (C=O) groups excluding carboxylic acids is 3. The van der Waals surface area contributed by atoms with E-state index in [1.807, 2.05) is 38.2 Å². The molecule has 0 saturated carbocycles. The summed E-state index contributed by atoms with van der Waals surface area (Å²) in [5.41, 5.74) is -1.26. The molecule has 4 aliphatic heterocycles. The van der Waals surface area contributed by atoms with Gasteiger partial charge in [-0.2, -0.15) is 0 Å². The fourth-order valence-corrected chi connectivity index (χ4v) is 5.84. The largest absolute Gasteiger partial charge is 0.465 e. The maximum absolute atomic E-state index is 14.0. The summed E-state index contributed by atoms with van der Waals surface area (Å²) in [7, 11) is 0. The number of fused-ring (bicyclic) bond motifs is 2. The molecule has 0 aliphatic carbocycles. The van der Waals surface area contributed by atoms with Crippen molar-refractivity contribution in [3.63, 3.8) is 0 Å². The van der Waals surface area contributed by atoms with Crippen molar-refractivity contribution < 1.29 is 29.0 Å². The van der Waals surface area contributed by atoms with E-state index in [1.54, 1.807) is 4.90 Å². The van der Waals surface area contributed by atoms with Gasteiger partial charge in [0.05, 0.1) is 31.3 Å². The number of hydrogen-bond acceptors (Lipinski definition) is 6. The smallest absolute Gasteiger partial charge is 0.312 e. The lowest BCUT2D eigenvalue weighted by atomic mass is 9.77. The van der Waals surface area contributed by atoms with Gasteiger partial charge in [-0.3, -0.25) is 14.4 Å². The van der Waals surface area contributed by atoms with Crippen LogP contribution in [0.15, 0.2) is 24.3 Å². The summed E-state index contributed by atoms with van der Waals surface area (Å²) in [5.74, 6) is -2.66. The molecular weight excluding hydrogens is 412 g/mol. The molecule has 2 amide bonds. The highest BCUT2D eigenvalue weighted by Gasteiger charge is 2.72. The number of amides is 2. The highest BCUT2D eigenvalue weighted by Crippen LogP contribution is 2.53. The van der Waals surface area contributed by atoms with Crippen LogP contribution >= 0.6 is 0 Å². The zero-order valence-corrected chi connectivity index (χ0v) is 19.1. The van der Waals surface area contributed by atoms with Crippen LogP contribution in [0.25, 0.3) is 0 Å². The number of carbonyl (C=O) groups is 3. The van der Waals surface area contributed by atoms with Crippen molar-refractivity contribution in [2.24, 2.45) is 11.8 Å². The Morgan fingerprint density at radius 1 is 1.22 bits per heavy atom. The Balaban J connectivity index is 1.84. The van der Waals surface area contributed by atoms with Crippen molar-refractivity contribution in [2.75, 3.05) is 19.8 Å². The summed E-state index contributed by atoms with van der Waals surface area (Å²) in [6, 6.07) is -1.46. The highest BCUT2D eigenvalue weighted by molar-refractivity contribution is 5.99. The predicted molar refractivity (Wildman–Crippen MR) is 116 cm³/mol. The van der Waals surface area contributed by atoms with Gasteiger partial charge in [0.1, 0.15) is 17.6 Å². The second-order valence-electron chi connectivity index (χ2n) is 9.25. The third-order valence-electron chi connectivity index (χ3n) is 7.40. The average Bonchev–Trinajstić information content (AvgIpc) is 3.14. The Kier molecular flexibility index (Phi) is 6.45. The molecule has 2 saturated heterocycles. The van der Waals surface area contributed by atoms with Gasteiger partial charge in [0, 0.05) is 12.6 Å². The molecule has 32 heavy (non-hydrogen) atoms. The lowest BCUT2D eigenvalue weighted by Gasteiger charge is -2.39. The lowest BCUT2D eigenvalue weighted by molar-refractivity contribution is -0.157. The molecule has 4 rings (SSSR count). The van der Waals surface area contributed by atoms with Crippen LogP contribution in [-0.4, -0.2) is 82.3 Å². The van der Waals surface area contributed by atoms with Crippen molar-refractivity contribution in [3.8, 4) is 0 Å². The molecule has 7 atom stereocenters. The summed E-state index contributed by atoms with van der Waals surface area (Å²) in [6.45, 7) is 6.37.